The number of methoxy groups -OCH3 is 1. The van der Waals surface area contributed by atoms with Gasteiger partial charge in [0.2, 0.25) is 0 Å². The van der Waals surface area contributed by atoms with Crippen molar-refractivity contribution in [3.05, 3.63) is 28.3 Å². The van der Waals surface area contributed by atoms with Gasteiger partial charge < -0.3 is 4.74 Å². The van der Waals surface area contributed by atoms with Crippen LogP contribution in [0.4, 0.5) is 0 Å². The van der Waals surface area contributed by atoms with Crippen LogP contribution in [0.25, 0.3) is 0 Å². The van der Waals surface area contributed by atoms with Crippen LogP contribution in [-0.4, -0.2) is 12.9 Å². The quantitative estimate of drug-likeness (QED) is 0.720. The maximum atomic E-state index is 11.3. The lowest BCUT2D eigenvalue weighted by Gasteiger charge is -2.11. The molecule has 0 saturated heterocycles. The summed E-state index contributed by atoms with van der Waals surface area (Å²) in [7, 11) is 1.58. The van der Waals surface area contributed by atoms with Crippen LogP contribution in [0.3, 0.4) is 0 Å². The molecule has 0 aliphatic rings. The van der Waals surface area contributed by atoms with Crippen molar-refractivity contribution < 1.29 is 9.53 Å². The van der Waals surface area contributed by atoms with E-state index in [2.05, 4.69) is 0 Å². The number of hydrogen-bond acceptors (Lipinski definition) is 2. The molecule has 1 aromatic carbocycles. The van der Waals surface area contributed by atoms with E-state index in [0.29, 0.717) is 16.3 Å². The Balaban J connectivity index is 3.39. The van der Waals surface area contributed by atoms with Crippen LogP contribution in [-0.2, 0) is 6.42 Å². The summed E-state index contributed by atoms with van der Waals surface area (Å²) in [6, 6.07) is 3.41. The van der Waals surface area contributed by atoms with Crippen molar-refractivity contribution in [2.45, 2.75) is 20.3 Å². The molecular weight excluding hydrogens is 200 g/mol. The summed E-state index contributed by atoms with van der Waals surface area (Å²) < 4.78 is 5.17. The van der Waals surface area contributed by atoms with Crippen LogP contribution < -0.4 is 4.74 Å². The van der Waals surface area contributed by atoms with Gasteiger partial charge in [0.05, 0.1) is 7.11 Å². The molecule has 0 N–H and O–H groups in total. The highest BCUT2D eigenvalue weighted by Crippen LogP contribution is 2.28. The van der Waals surface area contributed by atoms with Gasteiger partial charge in [0, 0.05) is 16.1 Å². The molecule has 0 amide bonds. The smallest absolute Gasteiger partial charge is 0.160 e. The molecule has 1 rings (SSSR count). The number of ketones is 1. The minimum absolute atomic E-state index is 0.0163. The first-order chi connectivity index (χ1) is 6.60. The Kier molecular flexibility index (Phi) is 3.53. The Labute approximate surface area is 88.8 Å². The van der Waals surface area contributed by atoms with Crippen LogP contribution in [0.15, 0.2) is 12.1 Å². The molecule has 0 radical (unpaired) electrons. The molecule has 0 aliphatic heterocycles. The lowest BCUT2D eigenvalue weighted by atomic mass is 10.0. The fourth-order valence-electron chi connectivity index (χ4n) is 1.47. The van der Waals surface area contributed by atoms with Crippen molar-refractivity contribution in [3.8, 4) is 5.75 Å². The summed E-state index contributed by atoms with van der Waals surface area (Å²) >= 11 is 5.87. The molecule has 0 heterocycles. The average Bonchev–Trinajstić information content (AvgIpc) is 2.16. The van der Waals surface area contributed by atoms with Crippen LogP contribution in [0.1, 0.15) is 29.8 Å². The largest absolute Gasteiger partial charge is 0.496 e. The zero-order valence-electron chi connectivity index (χ0n) is 8.56. The van der Waals surface area contributed by atoms with Gasteiger partial charge in [-0.2, -0.15) is 0 Å². The Morgan fingerprint density at radius 1 is 1.50 bits per heavy atom. The Bertz CT molecular complexity index is 359. The number of hydrogen-bond donors (Lipinski definition) is 0. The molecule has 14 heavy (non-hydrogen) atoms. The second-order valence-electron chi connectivity index (χ2n) is 3.04. The van der Waals surface area contributed by atoms with Gasteiger partial charge in [-0.15, -0.1) is 0 Å². The van der Waals surface area contributed by atoms with E-state index in [4.69, 9.17) is 16.3 Å². The predicted octanol–water partition coefficient (Wildman–Crippen LogP) is 3.11. The normalized spacial score (nSPS) is 10.0. The first-order valence-corrected chi connectivity index (χ1v) is 4.85. The lowest BCUT2D eigenvalue weighted by molar-refractivity contribution is 0.101. The van der Waals surface area contributed by atoms with Crippen molar-refractivity contribution in [3.63, 3.8) is 0 Å². The fourth-order valence-corrected chi connectivity index (χ4v) is 1.68. The van der Waals surface area contributed by atoms with Gasteiger partial charge in [-0.25, -0.2) is 0 Å². The number of Topliss-reactive ketones (excluding diaryl/α,β-unsaturated/α-hetero) is 1. The van der Waals surface area contributed by atoms with Gasteiger partial charge in [0.1, 0.15) is 5.75 Å². The molecule has 2 nitrogen and oxygen atoms in total. The van der Waals surface area contributed by atoms with E-state index >= 15 is 0 Å². The molecule has 0 aromatic heterocycles. The third kappa shape index (κ3) is 2.07. The van der Waals surface area contributed by atoms with Crippen molar-refractivity contribution in [2.75, 3.05) is 7.11 Å². The molecule has 1 aromatic rings. The fraction of sp³-hybridized carbons (Fsp3) is 0.364. The summed E-state index contributed by atoms with van der Waals surface area (Å²) in [6.07, 6.45) is 0.759. The van der Waals surface area contributed by atoms with Crippen LogP contribution in [0.2, 0.25) is 5.02 Å². The van der Waals surface area contributed by atoms with Crippen molar-refractivity contribution in [1.82, 2.24) is 0 Å². The van der Waals surface area contributed by atoms with Crippen LogP contribution in [0, 0.1) is 0 Å². The SMILES string of the molecule is CCc1c(OC)cc(Cl)cc1C(C)=O. The van der Waals surface area contributed by atoms with E-state index in [1.807, 2.05) is 6.92 Å². The average molecular weight is 213 g/mol. The highest BCUT2D eigenvalue weighted by Gasteiger charge is 2.12. The number of ether oxygens (including phenoxy) is 1. The maximum Gasteiger partial charge on any atom is 0.160 e. The predicted molar refractivity (Wildman–Crippen MR) is 57.4 cm³/mol. The lowest BCUT2D eigenvalue weighted by Crippen LogP contribution is -2.01. The number of rotatable bonds is 3. The molecule has 76 valence electrons. The Hall–Kier alpha value is -1.02. The van der Waals surface area contributed by atoms with Crippen molar-refractivity contribution in [2.24, 2.45) is 0 Å². The summed E-state index contributed by atoms with van der Waals surface area (Å²) in [4.78, 5) is 11.3. The third-order valence-corrected chi connectivity index (χ3v) is 2.34. The Morgan fingerprint density at radius 2 is 2.14 bits per heavy atom. The molecular formula is C11H13ClO2. The summed E-state index contributed by atoms with van der Waals surface area (Å²) in [5, 5.41) is 0.532. The monoisotopic (exact) mass is 212 g/mol. The number of carbonyl (C=O) groups is 1. The van der Waals surface area contributed by atoms with E-state index in [0.717, 1.165) is 12.0 Å². The van der Waals surface area contributed by atoms with Crippen LogP contribution >= 0.6 is 11.6 Å². The standard InChI is InChI=1S/C11H13ClO2/c1-4-9-10(7(2)13)5-8(12)6-11(9)14-3/h5-6H,4H2,1-3H3. The summed E-state index contributed by atoms with van der Waals surface area (Å²) in [5.41, 5.74) is 1.57. The van der Waals surface area contributed by atoms with Gasteiger partial charge in [0.25, 0.3) is 0 Å². The van der Waals surface area contributed by atoms with Gasteiger partial charge in [-0.05, 0) is 25.5 Å². The number of benzene rings is 1. The first kappa shape index (κ1) is 11.1. The van der Waals surface area contributed by atoms with Crippen molar-refractivity contribution >= 4 is 17.4 Å². The van der Waals surface area contributed by atoms with Gasteiger partial charge in [-0.3, -0.25) is 4.79 Å². The summed E-state index contributed by atoms with van der Waals surface area (Å²) in [6.45, 7) is 3.52. The zero-order chi connectivity index (χ0) is 10.7. The molecule has 0 bridgehead atoms. The molecule has 0 fully saturated rings. The maximum absolute atomic E-state index is 11.3. The van der Waals surface area contributed by atoms with E-state index < -0.39 is 0 Å². The van der Waals surface area contributed by atoms with Crippen molar-refractivity contribution in [1.29, 1.82) is 0 Å². The zero-order valence-corrected chi connectivity index (χ0v) is 9.31. The minimum Gasteiger partial charge on any atom is -0.496 e. The number of carbonyl (C=O) groups excluding carboxylic acids is 1. The molecule has 0 spiro atoms. The van der Waals surface area contributed by atoms with E-state index in [-0.39, 0.29) is 5.78 Å². The second-order valence-corrected chi connectivity index (χ2v) is 3.48. The van der Waals surface area contributed by atoms with E-state index in [1.165, 1.54) is 6.92 Å². The van der Waals surface area contributed by atoms with E-state index in [9.17, 15) is 4.79 Å². The molecule has 0 saturated carbocycles. The Morgan fingerprint density at radius 3 is 2.57 bits per heavy atom. The molecule has 3 heteroatoms. The van der Waals surface area contributed by atoms with Gasteiger partial charge in [-0.1, -0.05) is 18.5 Å². The second kappa shape index (κ2) is 4.47. The molecule has 0 atom stereocenters. The third-order valence-electron chi connectivity index (χ3n) is 2.13. The first-order valence-electron chi connectivity index (χ1n) is 4.47. The molecule has 0 unspecified atom stereocenters. The van der Waals surface area contributed by atoms with Gasteiger partial charge in [0.15, 0.2) is 5.78 Å². The molecule has 0 aliphatic carbocycles. The minimum atomic E-state index is 0.0163. The van der Waals surface area contributed by atoms with E-state index in [1.54, 1.807) is 19.2 Å². The highest BCUT2D eigenvalue weighted by molar-refractivity contribution is 6.31. The summed E-state index contributed by atoms with van der Waals surface area (Å²) in [5.74, 6) is 0.702. The van der Waals surface area contributed by atoms with Crippen LogP contribution in [0.5, 0.6) is 5.75 Å². The highest BCUT2D eigenvalue weighted by atomic mass is 35.5. The number of halogens is 1. The topological polar surface area (TPSA) is 26.3 Å². The van der Waals surface area contributed by atoms with Gasteiger partial charge >= 0.3 is 0 Å².